The average Bonchev–Trinajstić information content (AvgIpc) is 2.40. The Morgan fingerprint density at radius 3 is 1.45 bits per heavy atom. The van der Waals surface area contributed by atoms with Gasteiger partial charge in [0.2, 0.25) is 0 Å². The highest BCUT2D eigenvalue weighted by atomic mass is 29.8. The molecular formula is C15H38O3Si4. The molecule has 0 aromatic carbocycles. The summed E-state index contributed by atoms with van der Waals surface area (Å²) in [5.74, 6) is 0. The molecule has 1 heterocycles. The molecule has 22 heavy (non-hydrogen) atoms. The molecule has 2 atom stereocenters. The first kappa shape index (κ1) is 20.8. The normalized spacial score (nSPS) is 34.9. The lowest BCUT2D eigenvalue weighted by molar-refractivity contribution is -0.0860. The summed E-state index contributed by atoms with van der Waals surface area (Å²) in [4.78, 5) is 0. The highest BCUT2D eigenvalue weighted by Crippen LogP contribution is 2.51. The van der Waals surface area contributed by atoms with E-state index in [0.29, 0.717) is 12.8 Å². The quantitative estimate of drug-likeness (QED) is 0.737. The second-order valence-corrected chi connectivity index (χ2v) is 48.2. The van der Waals surface area contributed by atoms with E-state index in [0.717, 1.165) is 0 Å². The van der Waals surface area contributed by atoms with Crippen molar-refractivity contribution in [1.29, 1.82) is 0 Å². The Morgan fingerprint density at radius 2 is 1.14 bits per heavy atom. The van der Waals surface area contributed by atoms with Gasteiger partial charge in [-0.1, -0.05) is 53.1 Å². The van der Waals surface area contributed by atoms with Gasteiger partial charge < -0.3 is 14.6 Å². The van der Waals surface area contributed by atoms with Gasteiger partial charge in [-0.2, -0.15) is 0 Å². The summed E-state index contributed by atoms with van der Waals surface area (Å²) >= 11 is 0. The van der Waals surface area contributed by atoms with E-state index in [9.17, 15) is 10.2 Å². The van der Waals surface area contributed by atoms with Crippen molar-refractivity contribution in [3.05, 3.63) is 0 Å². The summed E-state index contributed by atoms with van der Waals surface area (Å²) in [5.41, 5.74) is 0. The molecule has 7 heteroatoms. The van der Waals surface area contributed by atoms with Crippen molar-refractivity contribution >= 4 is 29.6 Å². The maximum absolute atomic E-state index is 11.0. The molecule has 0 amide bonds. The highest BCUT2D eigenvalue weighted by molar-refractivity contribution is 7.83. The van der Waals surface area contributed by atoms with Crippen LogP contribution < -0.4 is 0 Å². The lowest BCUT2D eigenvalue weighted by Gasteiger charge is -2.69. The molecule has 0 saturated carbocycles. The van der Waals surface area contributed by atoms with Crippen molar-refractivity contribution in [2.45, 2.75) is 96.5 Å². The fourth-order valence-electron chi connectivity index (χ4n) is 4.50. The van der Waals surface area contributed by atoms with E-state index in [2.05, 4.69) is 52.4 Å². The highest BCUT2D eigenvalue weighted by Gasteiger charge is 2.74. The van der Waals surface area contributed by atoms with Crippen LogP contribution in [0, 0.1) is 0 Å². The molecule has 0 aliphatic carbocycles. The fourth-order valence-corrected chi connectivity index (χ4v) is 75.3. The van der Waals surface area contributed by atoms with E-state index in [1.54, 1.807) is 0 Å². The summed E-state index contributed by atoms with van der Waals surface area (Å²) in [7, 11) is -6.97. The first-order chi connectivity index (χ1) is 9.67. The van der Waals surface area contributed by atoms with E-state index in [1.807, 2.05) is 13.8 Å². The van der Waals surface area contributed by atoms with Crippen LogP contribution in [0.3, 0.4) is 0 Å². The molecule has 1 aliphatic heterocycles. The molecular weight excluding hydrogens is 341 g/mol. The molecule has 0 spiro atoms. The Kier molecular flexibility index (Phi) is 5.60. The van der Waals surface area contributed by atoms with Crippen LogP contribution in [0.5, 0.6) is 0 Å². The van der Waals surface area contributed by atoms with Gasteiger partial charge in [0, 0.05) is 7.11 Å². The summed E-state index contributed by atoms with van der Waals surface area (Å²) in [6, 6.07) is 0. The Hall–Kier alpha value is 0.748. The van der Waals surface area contributed by atoms with Gasteiger partial charge in [0.1, 0.15) is 0 Å². The number of hydrogen-bond acceptors (Lipinski definition) is 3. The van der Waals surface area contributed by atoms with Crippen LogP contribution in [0.2, 0.25) is 52.4 Å². The lowest BCUT2D eigenvalue weighted by Crippen LogP contribution is -2.94. The van der Waals surface area contributed by atoms with Gasteiger partial charge in [0.15, 0.2) is 7.83 Å². The average molecular weight is 379 g/mol. The molecule has 2 N–H and O–H groups in total. The zero-order valence-corrected chi connectivity index (χ0v) is 20.4. The topological polar surface area (TPSA) is 49.7 Å². The van der Waals surface area contributed by atoms with E-state index in [4.69, 9.17) is 4.43 Å². The van der Waals surface area contributed by atoms with Gasteiger partial charge in [0.25, 0.3) is 0 Å². The molecule has 0 aromatic rings. The van der Waals surface area contributed by atoms with E-state index in [1.165, 1.54) is 0 Å². The number of hydrogen-bond donors (Lipinski definition) is 2. The second kappa shape index (κ2) is 5.93. The number of aliphatic hydroxyl groups excluding tert-OH is 2. The third kappa shape index (κ3) is 2.34. The minimum Gasteiger partial charge on any atom is -0.413 e. The zero-order valence-electron chi connectivity index (χ0n) is 16.4. The zero-order chi connectivity index (χ0) is 17.8. The predicted molar refractivity (Wildman–Crippen MR) is 106 cm³/mol. The van der Waals surface area contributed by atoms with Gasteiger partial charge in [-0.25, -0.2) is 0 Å². The largest absolute Gasteiger partial charge is 0.413 e. The first-order valence-electron chi connectivity index (χ1n) is 8.73. The van der Waals surface area contributed by atoms with Gasteiger partial charge in [-0.3, -0.25) is 0 Å². The molecule has 3 nitrogen and oxygen atoms in total. The maximum atomic E-state index is 11.0. The smallest absolute Gasteiger partial charge is 0.171 e. The van der Waals surface area contributed by atoms with Gasteiger partial charge in [-0.15, -0.1) is 0 Å². The molecule has 0 radical (unpaired) electrons. The predicted octanol–water partition coefficient (Wildman–Crippen LogP) is 3.40. The standard InChI is InChI=1S/C15H38O3Si4/c1-11-13(16)15(14(17)12-2)18-20(5,6)22(9,10)21(7,8)19(15,3)4/h13-14,16-17H,11-12H2,1-10H3. The fraction of sp³-hybridized carbons (Fsp3) is 1.00. The monoisotopic (exact) mass is 378 g/mol. The summed E-state index contributed by atoms with van der Waals surface area (Å²) in [6.45, 7) is 23.7. The van der Waals surface area contributed by atoms with Crippen LogP contribution in [-0.4, -0.2) is 57.3 Å². The van der Waals surface area contributed by atoms with Crippen molar-refractivity contribution in [2.75, 3.05) is 0 Å². The van der Waals surface area contributed by atoms with Crippen LogP contribution >= 0.6 is 0 Å². The summed E-state index contributed by atoms with van der Waals surface area (Å²) < 4.78 is 6.93. The number of aliphatic hydroxyl groups is 2. The van der Waals surface area contributed by atoms with Crippen LogP contribution in [0.4, 0.5) is 0 Å². The summed E-state index contributed by atoms with van der Waals surface area (Å²) in [6.07, 6.45) is 0.218. The lowest BCUT2D eigenvalue weighted by atomic mass is 10.0. The Morgan fingerprint density at radius 1 is 0.773 bits per heavy atom. The van der Waals surface area contributed by atoms with Gasteiger partial charge in [-0.05, 0) is 25.9 Å². The minimum atomic E-state index is -1.98. The van der Waals surface area contributed by atoms with Crippen molar-refractivity contribution in [2.24, 2.45) is 0 Å². The maximum Gasteiger partial charge on any atom is 0.171 e. The van der Waals surface area contributed by atoms with Crippen LogP contribution in [-0.2, 0) is 4.43 Å². The van der Waals surface area contributed by atoms with Crippen molar-refractivity contribution < 1.29 is 14.6 Å². The SMILES string of the molecule is CCC(O)C1(C(O)CC)O[Si](C)(C)[Si](C)(C)[Si](C)(C)[Si]1(C)C. The first-order valence-corrected chi connectivity index (χ1v) is 23.6. The van der Waals surface area contributed by atoms with E-state index < -0.39 is 47.1 Å². The molecule has 2 unspecified atom stereocenters. The van der Waals surface area contributed by atoms with Crippen LogP contribution in [0.25, 0.3) is 0 Å². The Balaban J connectivity index is 3.71. The van der Waals surface area contributed by atoms with Crippen molar-refractivity contribution in [1.82, 2.24) is 0 Å². The van der Waals surface area contributed by atoms with Crippen molar-refractivity contribution in [3.63, 3.8) is 0 Å². The van der Waals surface area contributed by atoms with Crippen LogP contribution in [0.15, 0.2) is 0 Å². The summed E-state index contributed by atoms with van der Waals surface area (Å²) in [5, 5.41) is 21.4. The molecule has 0 aromatic heterocycles. The second-order valence-electron chi connectivity index (χ2n) is 9.13. The molecule has 1 fully saturated rings. The molecule has 1 rings (SSSR count). The number of rotatable bonds is 4. The van der Waals surface area contributed by atoms with E-state index >= 15 is 0 Å². The van der Waals surface area contributed by atoms with E-state index in [-0.39, 0.29) is 0 Å². The molecule has 132 valence electrons. The van der Waals surface area contributed by atoms with Crippen molar-refractivity contribution in [3.8, 4) is 0 Å². The third-order valence-corrected chi connectivity index (χ3v) is 74.6. The molecule has 0 bridgehead atoms. The van der Waals surface area contributed by atoms with Crippen LogP contribution in [0.1, 0.15) is 26.7 Å². The van der Waals surface area contributed by atoms with Gasteiger partial charge >= 0.3 is 0 Å². The molecule has 1 saturated heterocycles. The molecule has 1 aliphatic rings. The minimum absolute atomic E-state index is 0.548. The third-order valence-electron chi connectivity index (χ3n) is 7.79. The Labute approximate surface area is 141 Å². The van der Waals surface area contributed by atoms with Gasteiger partial charge in [0.05, 0.1) is 32.1 Å². The Bertz CT molecular complexity index is 411.